The summed E-state index contributed by atoms with van der Waals surface area (Å²) in [6.45, 7) is 11.3. The van der Waals surface area contributed by atoms with Crippen molar-refractivity contribution in [1.82, 2.24) is 4.90 Å². The molecule has 0 fully saturated rings. The van der Waals surface area contributed by atoms with Crippen LogP contribution in [0.15, 0.2) is 0 Å². The molecule has 16 heavy (non-hydrogen) atoms. The molecule has 0 saturated carbocycles. The van der Waals surface area contributed by atoms with Crippen molar-refractivity contribution in [2.75, 3.05) is 13.7 Å². The van der Waals surface area contributed by atoms with E-state index in [-0.39, 0.29) is 24.2 Å². The molecule has 0 aromatic carbocycles. The van der Waals surface area contributed by atoms with Gasteiger partial charge in [0.05, 0.1) is 6.61 Å². The maximum absolute atomic E-state index is 11.8. The zero-order chi connectivity index (χ0) is 13.1. The van der Waals surface area contributed by atoms with E-state index in [1.807, 2.05) is 41.5 Å². The predicted octanol–water partition coefficient (Wildman–Crippen LogP) is 2.26. The Morgan fingerprint density at radius 3 is 2.06 bits per heavy atom. The molecule has 0 spiro atoms. The number of carbonyl (C=O) groups is 1. The first-order chi connectivity index (χ1) is 7.01. The highest BCUT2D eigenvalue weighted by Crippen LogP contribution is 2.24. The summed E-state index contributed by atoms with van der Waals surface area (Å²) in [5.74, 6) is 0. The van der Waals surface area contributed by atoms with E-state index in [4.69, 9.17) is 4.74 Å². The second kappa shape index (κ2) is 5.04. The van der Waals surface area contributed by atoms with Crippen LogP contribution < -0.4 is 0 Å². The number of carbonyl (C=O) groups excluding carboxylic acids is 1. The molecule has 0 radical (unpaired) electrons. The Kier molecular flexibility index (Phi) is 4.80. The largest absolute Gasteiger partial charge is 0.444 e. The van der Waals surface area contributed by atoms with Gasteiger partial charge in [0.15, 0.2) is 0 Å². The van der Waals surface area contributed by atoms with E-state index in [1.165, 1.54) is 4.90 Å². The first-order valence-electron chi connectivity index (χ1n) is 5.58. The van der Waals surface area contributed by atoms with Crippen molar-refractivity contribution in [2.24, 2.45) is 5.41 Å². The topological polar surface area (TPSA) is 49.8 Å². The maximum atomic E-state index is 11.8. The molecule has 1 unspecified atom stereocenters. The third-order valence-corrected chi connectivity index (χ3v) is 2.80. The highest BCUT2D eigenvalue weighted by molar-refractivity contribution is 5.68. The molecule has 1 N–H and O–H groups in total. The second-order valence-corrected chi connectivity index (χ2v) is 5.91. The molecule has 0 saturated heterocycles. The van der Waals surface area contributed by atoms with E-state index in [2.05, 4.69) is 0 Å². The third kappa shape index (κ3) is 4.39. The lowest BCUT2D eigenvalue weighted by Crippen LogP contribution is -2.47. The summed E-state index contributed by atoms with van der Waals surface area (Å²) in [7, 11) is 1.69. The van der Waals surface area contributed by atoms with Crippen molar-refractivity contribution in [3.8, 4) is 0 Å². The van der Waals surface area contributed by atoms with E-state index < -0.39 is 5.60 Å². The van der Waals surface area contributed by atoms with Crippen LogP contribution in [0.4, 0.5) is 4.79 Å². The van der Waals surface area contributed by atoms with Crippen LogP contribution in [-0.2, 0) is 4.74 Å². The second-order valence-electron chi connectivity index (χ2n) is 5.91. The van der Waals surface area contributed by atoms with Crippen molar-refractivity contribution in [3.63, 3.8) is 0 Å². The fourth-order valence-corrected chi connectivity index (χ4v) is 1.15. The summed E-state index contributed by atoms with van der Waals surface area (Å²) in [6, 6.07) is -0.0904. The minimum Gasteiger partial charge on any atom is -0.444 e. The molecule has 0 aromatic rings. The number of ether oxygens (including phenoxy) is 1. The SMILES string of the molecule is CC(N(C)C(=O)OC(C)(C)C)C(C)(C)CO. The summed E-state index contributed by atoms with van der Waals surface area (Å²) in [6.07, 6.45) is -0.360. The number of hydrogen-bond acceptors (Lipinski definition) is 3. The minimum atomic E-state index is -0.492. The molecule has 0 rings (SSSR count). The molecule has 4 heteroatoms. The predicted molar refractivity (Wildman–Crippen MR) is 64.3 cm³/mol. The molecule has 0 aliphatic heterocycles. The van der Waals surface area contributed by atoms with E-state index in [0.29, 0.717) is 0 Å². The monoisotopic (exact) mass is 231 g/mol. The van der Waals surface area contributed by atoms with Crippen molar-refractivity contribution in [2.45, 2.75) is 53.2 Å². The van der Waals surface area contributed by atoms with Gasteiger partial charge >= 0.3 is 6.09 Å². The van der Waals surface area contributed by atoms with Crippen molar-refractivity contribution < 1.29 is 14.6 Å². The van der Waals surface area contributed by atoms with Gasteiger partial charge in [0.2, 0.25) is 0 Å². The average Bonchev–Trinajstić information content (AvgIpc) is 2.12. The van der Waals surface area contributed by atoms with Gasteiger partial charge in [-0.2, -0.15) is 0 Å². The summed E-state index contributed by atoms with van der Waals surface area (Å²) in [5.41, 5.74) is -0.833. The Balaban J connectivity index is 4.56. The van der Waals surface area contributed by atoms with E-state index in [1.54, 1.807) is 7.05 Å². The molecule has 4 nitrogen and oxygen atoms in total. The number of hydrogen-bond donors (Lipinski definition) is 1. The van der Waals surface area contributed by atoms with Crippen LogP contribution in [0.3, 0.4) is 0 Å². The van der Waals surface area contributed by atoms with Crippen LogP contribution in [0.2, 0.25) is 0 Å². The number of nitrogens with zero attached hydrogens (tertiary/aromatic N) is 1. The quantitative estimate of drug-likeness (QED) is 0.810. The maximum Gasteiger partial charge on any atom is 0.410 e. The molecule has 96 valence electrons. The lowest BCUT2D eigenvalue weighted by atomic mass is 9.86. The van der Waals surface area contributed by atoms with Gasteiger partial charge in [0.25, 0.3) is 0 Å². The third-order valence-electron chi connectivity index (χ3n) is 2.80. The fraction of sp³-hybridized carbons (Fsp3) is 0.917. The van der Waals surface area contributed by atoms with Crippen LogP contribution in [0.25, 0.3) is 0 Å². The van der Waals surface area contributed by atoms with Crippen molar-refractivity contribution in [1.29, 1.82) is 0 Å². The van der Waals surface area contributed by atoms with Gasteiger partial charge < -0.3 is 14.7 Å². The summed E-state index contributed by atoms with van der Waals surface area (Å²) < 4.78 is 5.27. The highest BCUT2D eigenvalue weighted by atomic mass is 16.6. The first kappa shape index (κ1) is 15.2. The lowest BCUT2D eigenvalue weighted by molar-refractivity contribution is 0.00230. The van der Waals surface area contributed by atoms with Crippen LogP contribution in [0, 0.1) is 5.41 Å². The van der Waals surface area contributed by atoms with Gasteiger partial charge in [0, 0.05) is 18.5 Å². The van der Waals surface area contributed by atoms with E-state index in [9.17, 15) is 9.90 Å². The van der Waals surface area contributed by atoms with Gasteiger partial charge in [-0.3, -0.25) is 0 Å². The zero-order valence-corrected chi connectivity index (χ0v) is 11.5. The molecule has 0 bridgehead atoms. The van der Waals surface area contributed by atoms with Crippen molar-refractivity contribution in [3.05, 3.63) is 0 Å². The van der Waals surface area contributed by atoms with Gasteiger partial charge in [-0.25, -0.2) is 4.79 Å². The lowest BCUT2D eigenvalue weighted by Gasteiger charge is -2.37. The Hall–Kier alpha value is -0.770. The number of aliphatic hydroxyl groups excluding tert-OH is 1. The smallest absolute Gasteiger partial charge is 0.410 e. The van der Waals surface area contributed by atoms with Crippen molar-refractivity contribution >= 4 is 6.09 Å². The highest BCUT2D eigenvalue weighted by Gasteiger charge is 2.32. The molecule has 1 amide bonds. The van der Waals surface area contributed by atoms with Gasteiger partial charge in [-0.15, -0.1) is 0 Å². The van der Waals surface area contributed by atoms with Gasteiger partial charge in [-0.1, -0.05) is 13.8 Å². The summed E-state index contributed by atoms with van der Waals surface area (Å²) in [4.78, 5) is 13.3. The Labute approximate surface area is 98.6 Å². The average molecular weight is 231 g/mol. The standard InChI is InChI=1S/C12H25NO3/c1-9(12(5,6)8-14)13(7)10(15)16-11(2,3)4/h9,14H,8H2,1-7H3. The Morgan fingerprint density at radius 2 is 1.75 bits per heavy atom. The molecular formula is C12H25NO3. The summed E-state index contributed by atoms with van der Waals surface area (Å²) in [5, 5.41) is 9.25. The van der Waals surface area contributed by atoms with Crippen LogP contribution in [-0.4, -0.2) is 41.4 Å². The fourth-order valence-electron chi connectivity index (χ4n) is 1.15. The summed E-state index contributed by atoms with van der Waals surface area (Å²) >= 11 is 0. The molecule has 0 heterocycles. The normalized spacial score (nSPS) is 14.5. The Morgan fingerprint density at radius 1 is 1.31 bits per heavy atom. The van der Waals surface area contributed by atoms with E-state index >= 15 is 0 Å². The number of aliphatic hydroxyl groups is 1. The molecular weight excluding hydrogens is 206 g/mol. The number of amides is 1. The zero-order valence-electron chi connectivity index (χ0n) is 11.5. The molecule has 0 aliphatic rings. The van der Waals surface area contributed by atoms with Gasteiger partial charge in [0.1, 0.15) is 5.60 Å². The van der Waals surface area contributed by atoms with E-state index in [0.717, 1.165) is 0 Å². The van der Waals surface area contributed by atoms with Crippen LogP contribution in [0.5, 0.6) is 0 Å². The molecule has 0 aromatic heterocycles. The van der Waals surface area contributed by atoms with Gasteiger partial charge in [-0.05, 0) is 27.7 Å². The number of rotatable bonds is 3. The minimum absolute atomic E-state index is 0.0291. The first-order valence-corrected chi connectivity index (χ1v) is 5.58. The Bertz CT molecular complexity index is 243. The van der Waals surface area contributed by atoms with Crippen LogP contribution in [0.1, 0.15) is 41.5 Å². The molecule has 1 atom stereocenters. The molecule has 0 aliphatic carbocycles. The van der Waals surface area contributed by atoms with Crippen LogP contribution >= 0.6 is 0 Å².